The van der Waals surface area contributed by atoms with Crippen molar-refractivity contribution in [1.82, 2.24) is 0 Å². The molecular weight excluding hydrogens is 322 g/mol. The molecule has 2 N–H and O–H groups in total. The van der Waals surface area contributed by atoms with Gasteiger partial charge in [0, 0.05) is 11.3 Å². The molecule has 4 aromatic carbocycles. The first-order chi connectivity index (χ1) is 12.6. The molecule has 0 fully saturated rings. The van der Waals surface area contributed by atoms with Crippen LogP contribution in [-0.4, -0.2) is 5.97 Å². The maximum Gasteiger partial charge on any atom is 0.338 e. The molecule has 0 saturated heterocycles. The molecule has 128 valence electrons. The summed E-state index contributed by atoms with van der Waals surface area (Å²) in [7, 11) is 0. The van der Waals surface area contributed by atoms with Gasteiger partial charge in [-0.2, -0.15) is 0 Å². The fraction of sp³-hybridized carbons (Fsp3) is 0.0870. The van der Waals surface area contributed by atoms with E-state index in [2.05, 4.69) is 30.3 Å². The molecule has 4 rings (SSSR count). The number of hydrogen-bond acceptors (Lipinski definition) is 3. The smallest absolute Gasteiger partial charge is 0.338 e. The predicted molar refractivity (Wildman–Crippen MR) is 106 cm³/mol. The molecule has 3 nitrogen and oxygen atoms in total. The zero-order valence-electron chi connectivity index (χ0n) is 14.5. The number of fused-ring (bicyclic) bond motifs is 2. The van der Waals surface area contributed by atoms with Gasteiger partial charge in [-0.1, -0.05) is 48.5 Å². The number of aryl methyl sites for hydroxylation is 1. The van der Waals surface area contributed by atoms with E-state index in [1.54, 1.807) is 18.2 Å². The lowest BCUT2D eigenvalue weighted by atomic mass is 9.97. The Morgan fingerprint density at radius 1 is 0.885 bits per heavy atom. The maximum atomic E-state index is 12.5. The zero-order chi connectivity index (χ0) is 18.1. The number of nitrogens with two attached hydrogens (primary N) is 1. The molecule has 3 heteroatoms. The highest BCUT2D eigenvalue weighted by atomic mass is 16.5. The van der Waals surface area contributed by atoms with Gasteiger partial charge < -0.3 is 10.5 Å². The van der Waals surface area contributed by atoms with Crippen molar-refractivity contribution in [2.75, 3.05) is 5.73 Å². The minimum atomic E-state index is -0.342. The summed E-state index contributed by atoms with van der Waals surface area (Å²) in [6.07, 6.45) is 0. The Morgan fingerprint density at radius 2 is 1.50 bits per heavy atom. The molecule has 0 amide bonds. The van der Waals surface area contributed by atoms with Crippen LogP contribution in [0.5, 0.6) is 0 Å². The first-order valence-electron chi connectivity index (χ1n) is 8.56. The number of benzene rings is 4. The summed E-state index contributed by atoms with van der Waals surface area (Å²) < 4.78 is 5.65. The second kappa shape index (κ2) is 6.52. The molecule has 0 aliphatic rings. The first-order valence-corrected chi connectivity index (χ1v) is 8.56. The number of esters is 1. The highest BCUT2D eigenvalue weighted by molar-refractivity contribution is 6.02. The van der Waals surface area contributed by atoms with E-state index in [1.807, 2.05) is 31.2 Å². The predicted octanol–water partition coefficient (Wildman–Crippen LogP) is 5.24. The molecule has 0 aliphatic heterocycles. The number of rotatable bonds is 3. The number of anilines is 1. The third kappa shape index (κ3) is 2.88. The van der Waals surface area contributed by atoms with Crippen LogP contribution in [0.4, 0.5) is 5.69 Å². The summed E-state index contributed by atoms with van der Waals surface area (Å²) in [6, 6.07) is 23.7. The number of carbonyl (C=O) groups is 1. The lowest BCUT2D eigenvalue weighted by Crippen LogP contribution is -2.07. The lowest BCUT2D eigenvalue weighted by molar-refractivity contribution is 0.0476. The lowest BCUT2D eigenvalue weighted by Gasteiger charge is -2.12. The van der Waals surface area contributed by atoms with Crippen LogP contribution < -0.4 is 5.73 Å². The topological polar surface area (TPSA) is 52.3 Å². The van der Waals surface area contributed by atoms with E-state index in [1.165, 1.54) is 0 Å². The van der Waals surface area contributed by atoms with Crippen LogP contribution in [0.15, 0.2) is 72.8 Å². The second-order valence-electron chi connectivity index (χ2n) is 6.44. The van der Waals surface area contributed by atoms with Crippen molar-refractivity contribution in [3.8, 4) is 0 Å². The highest BCUT2D eigenvalue weighted by Crippen LogP contribution is 2.29. The molecule has 0 spiro atoms. The van der Waals surface area contributed by atoms with Gasteiger partial charge in [0.1, 0.15) is 6.61 Å². The zero-order valence-corrected chi connectivity index (χ0v) is 14.5. The summed E-state index contributed by atoms with van der Waals surface area (Å²) in [4.78, 5) is 12.5. The fourth-order valence-corrected chi connectivity index (χ4v) is 3.29. The summed E-state index contributed by atoms with van der Waals surface area (Å²) >= 11 is 0. The van der Waals surface area contributed by atoms with Crippen LogP contribution in [0.2, 0.25) is 0 Å². The summed E-state index contributed by atoms with van der Waals surface area (Å²) in [6.45, 7) is 2.11. The van der Waals surface area contributed by atoms with Crippen molar-refractivity contribution in [2.45, 2.75) is 13.5 Å². The van der Waals surface area contributed by atoms with Crippen LogP contribution in [-0.2, 0) is 11.3 Å². The Hall–Kier alpha value is -3.33. The molecular formula is C23H19NO2. The van der Waals surface area contributed by atoms with E-state index >= 15 is 0 Å². The number of nitrogen functional groups attached to an aromatic ring is 1. The highest BCUT2D eigenvalue weighted by Gasteiger charge is 2.12. The number of ether oxygens (including phenoxy) is 1. The van der Waals surface area contributed by atoms with Crippen molar-refractivity contribution in [1.29, 1.82) is 0 Å². The molecule has 4 aromatic rings. The summed E-state index contributed by atoms with van der Waals surface area (Å²) in [5, 5.41) is 4.49. The average molecular weight is 341 g/mol. The van der Waals surface area contributed by atoms with Gasteiger partial charge in [0.05, 0.1) is 5.56 Å². The van der Waals surface area contributed by atoms with Crippen LogP contribution in [0, 0.1) is 6.92 Å². The molecule has 0 heterocycles. The number of hydrogen-bond donors (Lipinski definition) is 1. The third-order valence-corrected chi connectivity index (χ3v) is 4.74. The van der Waals surface area contributed by atoms with E-state index in [-0.39, 0.29) is 12.6 Å². The Bertz CT molecular complexity index is 1080. The number of carbonyl (C=O) groups excluding carboxylic acids is 1. The average Bonchev–Trinajstić information content (AvgIpc) is 2.67. The maximum absolute atomic E-state index is 12.5. The Labute approximate surface area is 152 Å². The molecule has 0 unspecified atom stereocenters. The van der Waals surface area contributed by atoms with Gasteiger partial charge in [-0.05, 0) is 58.3 Å². The largest absolute Gasteiger partial charge is 0.457 e. The Balaban J connectivity index is 1.71. The minimum absolute atomic E-state index is 0.226. The Kier molecular flexibility index (Phi) is 4.05. The Morgan fingerprint density at radius 3 is 2.12 bits per heavy atom. The molecule has 0 aromatic heterocycles. The van der Waals surface area contributed by atoms with Crippen molar-refractivity contribution >= 4 is 33.2 Å². The molecule has 0 atom stereocenters. The summed E-state index contributed by atoms with van der Waals surface area (Å²) in [5.41, 5.74) is 8.91. The molecule has 0 bridgehead atoms. The van der Waals surface area contributed by atoms with E-state index in [9.17, 15) is 4.79 Å². The quantitative estimate of drug-likeness (QED) is 0.315. The van der Waals surface area contributed by atoms with E-state index in [4.69, 9.17) is 10.5 Å². The van der Waals surface area contributed by atoms with Gasteiger partial charge in [-0.25, -0.2) is 4.79 Å². The van der Waals surface area contributed by atoms with Gasteiger partial charge in [-0.3, -0.25) is 0 Å². The molecule has 0 aliphatic carbocycles. The van der Waals surface area contributed by atoms with E-state index in [0.717, 1.165) is 32.7 Å². The monoisotopic (exact) mass is 341 g/mol. The van der Waals surface area contributed by atoms with Crippen molar-refractivity contribution < 1.29 is 9.53 Å². The van der Waals surface area contributed by atoms with E-state index < -0.39 is 0 Å². The molecule has 0 radical (unpaired) electrons. The van der Waals surface area contributed by atoms with Crippen molar-refractivity contribution in [3.05, 3.63) is 89.5 Å². The van der Waals surface area contributed by atoms with Crippen LogP contribution in [0.1, 0.15) is 21.5 Å². The molecule has 26 heavy (non-hydrogen) atoms. The van der Waals surface area contributed by atoms with Gasteiger partial charge in [0.15, 0.2) is 0 Å². The van der Waals surface area contributed by atoms with Crippen molar-refractivity contribution in [3.63, 3.8) is 0 Å². The van der Waals surface area contributed by atoms with Crippen LogP contribution >= 0.6 is 0 Å². The van der Waals surface area contributed by atoms with Gasteiger partial charge in [-0.15, -0.1) is 0 Å². The molecule has 0 saturated carbocycles. The van der Waals surface area contributed by atoms with Crippen LogP contribution in [0.25, 0.3) is 21.5 Å². The van der Waals surface area contributed by atoms with Crippen LogP contribution in [0.3, 0.4) is 0 Å². The second-order valence-corrected chi connectivity index (χ2v) is 6.44. The van der Waals surface area contributed by atoms with Gasteiger partial charge >= 0.3 is 5.97 Å². The van der Waals surface area contributed by atoms with Crippen molar-refractivity contribution in [2.24, 2.45) is 0 Å². The standard InChI is InChI=1S/C23H19NO2/c1-15-12-18(10-11-22(15)24)23(25)26-14-21-19-8-4-2-6-16(19)13-17-7-3-5-9-20(17)21/h2-13H,14,24H2,1H3. The van der Waals surface area contributed by atoms with E-state index in [0.29, 0.717) is 11.3 Å². The third-order valence-electron chi connectivity index (χ3n) is 4.74. The first kappa shape index (κ1) is 16.2. The fourth-order valence-electron chi connectivity index (χ4n) is 3.29. The van der Waals surface area contributed by atoms with Gasteiger partial charge in [0.25, 0.3) is 0 Å². The SMILES string of the molecule is Cc1cc(C(=O)OCc2c3ccccc3cc3ccccc23)ccc1N. The normalized spacial score (nSPS) is 11.0. The minimum Gasteiger partial charge on any atom is -0.457 e. The van der Waals surface area contributed by atoms with Gasteiger partial charge in [0.2, 0.25) is 0 Å². The summed E-state index contributed by atoms with van der Waals surface area (Å²) in [5.74, 6) is -0.342.